The maximum atomic E-state index is 13.1. The molecule has 0 saturated heterocycles. The number of nitrogens with one attached hydrogen (secondary N) is 1. The molecule has 2 aromatic heterocycles. The molecule has 2 amide bonds. The summed E-state index contributed by atoms with van der Waals surface area (Å²) in [4.78, 5) is 38.9. The quantitative estimate of drug-likeness (QED) is 0.532. The summed E-state index contributed by atoms with van der Waals surface area (Å²) in [6, 6.07) is 2.79. The van der Waals surface area contributed by atoms with Crippen molar-refractivity contribution < 1.29 is 27.9 Å². The molecule has 1 atom stereocenters. The lowest BCUT2D eigenvalue weighted by molar-refractivity contribution is -0.130. The van der Waals surface area contributed by atoms with E-state index in [0.717, 1.165) is 0 Å². The summed E-state index contributed by atoms with van der Waals surface area (Å²) in [6.45, 7) is 6.25. The van der Waals surface area contributed by atoms with Crippen LogP contribution in [0.4, 0.5) is 24.8 Å². The van der Waals surface area contributed by atoms with Crippen LogP contribution in [0.2, 0.25) is 0 Å². The Labute approximate surface area is 199 Å². The predicted octanol–water partition coefficient (Wildman–Crippen LogP) is 3.32. The fourth-order valence-electron chi connectivity index (χ4n) is 3.40. The van der Waals surface area contributed by atoms with E-state index in [0.29, 0.717) is 34.7 Å². The second-order valence-corrected chi connectivity index (χ2v) is 8.59. The number of carbonyl (C=O) groups is 2. The number of allylic oxidation sites excluding steroid dienone is 1. The third kappa shape index (κ3) is 5.48. The third-order valence-electron chi connectivity index (χ3n) is 5.52. The molecule has 35 heavy (non-hydrogen) atoms. The number of fused-ring (bicyclic) bond motifs is 1. The summed E-state index contributed by atoms with van der Waals surface area (Å²) >= 11 is 0. The zero-order valence-corrected chi connectivity index (χ0v) is 19.5. The molecule has 3 rings (SSSR count). The number of aliphatic hydroxyl groups is 1. The van der Waals surface area contributed by atoms with E-state index in [1.165, 1.54) is 26.2 Å². The Morgan fingerprint density at radius 2 is 2.03 bits per heavy atom. The van der Waals surface area contributed by atoms with Crippen molar-refractivity contribution in [2.24, 2.45) is 10.7 Å². The average Bonchev–Trinajstić information content (AvgIpc) is 3.10. The summed E-state index contributed by atoms with van der Waals surface area (Å²) in [6.07, 6.45) is -0.760. The number of aliphatic imine (C=N–C) groups is 1. The van der Waals surface area contributed by atoms with Gasteiger partial charge in [-0.3, -0.25) is 9.59 Å². The molecule has 0 aliphatic carbocycles. The standard InChI is InChI=1S/C23H25F3N6O3/c1-12-7-14(9-29-18(12)30-10-15(8-27)23(24,25)26)13(2)32-11-17-16(20(32)33)5-6-28-19(17)31-21(34)22(3,4)35/h5-10,13,35H,11,27H2,1-4H3,(H,28,31,34). The highest BCUT2D eigenvalue weighted by Gasteiger charge is 2.35. The summed E-state index contributed by atoms with van der Waals surface area (Å²) in [7, 11) is 0. The van der Waals surface area contributed by atoms with Crippen molar-refractivity contribution in [3.8, 4) is 0 Å². The molecule has 0 aromatic carbocycles. The summed E-state index contributed by atoms with van der Waals surface area (Å²) in [5, 5.41) is 12.5. The molecular formula is C23H25F3N6O3. The molecule has 0 fully saturated rings. The second-order valence-electron chi connectivity index (χ2n) is 8.59. The van der Waals surface area contributed by atoms with Gasteiger partial charge < -0.3 is 21.1 Å². The van der Waals surface area contributed by atoms with Crippen LogP contribution in [0.3, 0.4) is 0 Å². The van der Waals surface area contributed by atoms with Crippen molar-refractivity contribution in [1.82, 2.24) is 14.9 Å². The minimum atomic E-state index is -4.63. The van der Waals surface area contributed by atoms with Crippen LogP contribution >= 0.6 is 0 Å². The summed E-state index contributed by atoms with van der Waals surface area (Å²) in [5.74, 6) is -0.672. The molecule has 4 N–H and O–H groups in total. The average molecular weight is 490 g/mol. The largest absolute Gasteiger partial charge is 0.419 e. The van der Waals surface area contributed by atoms with Gasteiger partial charge in [-0.2, -0.15) is 13.2 Å². The maximum absolute atomic E-state index is 13.1. The van der Waals surface area contributed by atoms with Crippen molar-refractivity contribution in [1.29, 1.82) is 0 Å². The van der Waals surface area contributed by atoms with Crippen LogP contribution in [0.15, 0.2) is 41.3 Å². The fourth-order valence-corrected chi connectivity index (χ4v) is 3.40. The van der Waals surface area contributed by atoms with Gasteiger partial charge in [-0.05, 0) is 51.0 Å². The highest BCUT2D eigenvalue weighted by Crippen LogP contribution is 2.35. The van der Waals surface area contributed by atoms with Crippen molar-refractivity contribution >= 4 is 29.7 Å². The minimum Gasteiger partial charge on any atom is -0.404 e. The number of alkyl halides is 3. The second kappa shape index (κ2) is 9.45. The zero-order chi connectivity index (χ0) is 26.1. The van der Waals surface area contributed by atoms with Crippen LogP contribution < -0.4 is 11.1 Å². The number of aryl methyl sites for hydroxylation is 1. The van der Waals surface area contributed by atoms with E-state index in [1.807, 2.05) is 0 Å². The normalized spacial score (nSPS) is 15.5. The van der Waals surface area contributed by atoms with Gasteiger partial charge in [0.05, 0.1) is 18.2 Å². The first-order chi connectivity index (χ1) is 16.2. The molecule has 3 heterocycles. The Bertz CT molecular complexity index is 1220. The van der Waals surface area contributed by atoms with E-state index >= 15 is 0 Å². The van der Waals surface area contributed by atoms with E-state index in [4.69, 9.17) is 5.73 Å². The molecule has 186 valence electrons. The topological polar surface area (TPSA) is 134 Å². The monoisotopic (exact) mass is 490 g/mol. The van der Waals surface area contributed by atoms with Crippen LogP contribution in [-0.4, -0.2) is 49.8 Å². The smallest absolute Gasteiger partial charge is 0.404 e. The molecule has 9 nitrogen and oxygen atoms in total. The molecular weight excluding hydrogens is 465 g/mol. The molecule has 1 unspecified atom stereocenters. The van der Waals surface area contributed by atoms with Gasteiger partial charge in [-0.15, -0.1) is 0 Å². The Morgan fingerprint density at radius 3 is 2.60 bits per heavy atom. The number of carbonyl (C=O) groups excluding carboxylic acids is 2. The number of pyridine rings is 2. The van der Waals surface area contributed by atoms with Crippen LogP contribution in [0.1, 0.15) is 53.9 Å². The molecule has 1 aliphatic rings. The summed E-state index contributed by atoms with van der Waals surface area (Å²) in [5.41, 5.74) is 4.34. The number of hydrogen-bond acceptors (Lipinski definition) is 7. The highest BCUT2D eigenvalue weighted by atomic mass is 19.4. The predicted molar refractivity (Wildman–Crippen MR) is 123 cm³/mol. The van der Waals surface area contributed by atoms with Crippen molar-refractivity contribution in [3.05, 3.63) is 58.6 Å². The first-order valence-corrected chi connectivity index (χ1v) is 10.6. The van der Waals surface area contributed by atoms with Gasteiger partial charge in [-0.1, -0.05) is 0 Å². The number of amides is 2. The Kier molecular flexibility index (Phi) is 6.97. The molecule has 0 radical (unpaired) electrons. The third-order valence-corrected chi connectivity index (χ3v) is 5.52. The number of halogens is 3. The number of nitrogens with two attached hydrogens (primary N) is 1. The molecule has 1 aliphatic heterocycles. The lowest BCUT2D eigenvalue weighted by atomic mass is 10.1. The van der Waals surface area contributed by atoms with Crippen LogP contribution in [0.5, 0.6) is 0 Å². The van der Waals surface area contributed by atoms with Gasteiger partial charge in [0, 0.05) is 35.9 Å². The van der Waals surface area contributed by atoms with Gasteiger partial charge in [0.15, 0.2) is 5.82 Å². The molecule has 2 aromatic rings. The van der Waals surface area contributed by atoms with Gasteiger partial charge in [0.1, 0.15) is 11.4 Å². The van der Waals surface area contributed by atoms with Crippen LogP contribution in [0.25, 0.3) is 0 Å². The first-order valence-electron chi connectivity index (χ1n) is 10.6. The molecule has 12 heteroatoms. The molecule has 0 spiro atoms. The number of hydrogen-bond donors (Lipinski definition) is 3. The minimum absolute atomic E-state index is 0.0846. The lowest BCUT2D eigenvalue weighted by Gasteiger charge is -2.25. The lowest BCUT2D eigenvalue weighted by Crippen LogP contribution is -2.37. The number of rotatable bonds is 6. The highest BCUT2D eigenvalue weighted by molar-refractivity contribution is 6.02. The van der Waals surface area contributed by atoms with Crippen molar-refractivity contribution in [3.63, 3.8) is 0 Å². The van der Waals surface area contributed by atoms with Gasteiger partial charge in [0.2, 0.25) is 0 Å². The van der Waals surface area contributed by atoms with E-state index in [1.54, 1.807) is 30.9 Å². The number of aromatic nitrogens is 2. The SMILES string of the molecule is Cc1cc(C(C)N2Cc3c(ccnc3NC(=O)C(C)(C)O)C2=O)cnc1N=CC(=CN)C(F)(F)F. The van der Waals surface area contributed by atoms with Crippen molar-refractivity contribution in [2.45, 2.75) is 52.1 Å². The molecule has 0 bridgehead atoms. The fraction of sp³-hybridized carbons (Fsp3) is 0.348. The van der Waals surface area contributed by atoms with Crippen LogP contribution in [-0.2, 0) is 11.3 Å². The van der Waals surface area contributed by atoms with Gasteiger partial charge >= 0.3 is 6.18 Å². The Morgan fingerprint density at radius 1 is 1.34 bits per heavy atom. The van der Waals surface area contributed by atoms with Crippen LogP contribution in [0, 0.1) is 6.92 Å². The first kappa shape index (κ1) is 25.8. The van der Waals surface area contributed by atoms with Gasteiger partial charge in [0.25, 0.3) is 11.8 Å². The van der Waals surface area contributed by atoms with Gasteiger partial charge in [-0.25, -0.2) is 15.0 Å². The van der Waals surface area contributed by atoms with E-state index in [9.17, 15) is 27.9 Å². The van der Waals surface area contributed by atoms with E-state index in [2.05, 4.69) is 20.3 Å². The zero-order valence-electron chi connectivity index (χ0n) is 19.5. The Balaban J connectivity index is 1.83. The molecule has 0 saturated carbocycles. The number of anilines is 1. The maximum Gasteiger partial charge on any atom is 0.419 e. The summed E-state index contributed by atoms with van der Waals surface area (Å²) < 4.78 is 38.5. The van der Waals surface area contributed by atoms with E-state index in [-0.39, 0.29) is 24.1 Å². The number of nitrogens with zero attached hydrogens (tertiary/aromatic N) is 4. The van der Waals surface area contributed by atoms with E-state index < -0.39 is 29.3 Å². The van der Waals surface area contributed by atoms with Crippen molar-refractivity contribution in [2.75, 3.05) is 5.32 Å². The Hall–Kier alpha value is -3.80.